The minimum Gasteiger partial charge on any atom is -0.267 e. The second-order valence-corrected chi connectivity index (χ2v) is 2.14. The number of amides is 1. The first kappa shape index (κ1) is 8.42. The van der Waals surface area contributed by atoms with Crippen molar-refractivity contribution in [1.29, 1.82) is 0 Å². The Balaban J connectivity index is 2.85. The van der Waals surface area contributed by atoms with E-state index >= 15 is 0 Å². The number of hydrazine groups is 1. The van der Waals surface area contributed by atoms with Gasteiger partial charge in [-0.3, -0.25) is 14.8 Å². The molecule has 1 aromatic heterocycles. The third-order valence-corrected chi connectivity index (χ3v) is 1.34. The average Bonchev–Trinajstić information content (AvgIpc) is 2.17. The first-order valence-corrected chi connectivity index (χ1v) is 3.36. The Kier molecular flexibility index (Phi) is 2.55. The summed E-state index contributed by atoms with van der Waals surface area (Å²) < 4.78 is 0. The van der Waals surface area contributed by atoms with Gasteiger partial charge in [-0.05, 0) is 12.1 Å². The minimum atomic E-state index is -0.321. The number of nitrogens with two attached hydrogens (primary N) is 1. The summed E-state index contributed by atoms with van der Waals surface area (Å²) in [6.45, 7) is 3.37. The van der Waals surface area contributed by atoms with Gasteiger partial charge in [-0.2, -0.15) is 0 Å². The Labute approximate surface area is 70.3 Å². The van der Waals surface area contributed by atoms with E-state index in [1.165, 1.54) is 12.4 Å². The van der Waals surface area contributed by atoms with Crippen molar-refractivity contribution in [3.8, 4) is 0 Å². The molecule has 2 N–H and O–H groups in total. The van der Waals surface area contributed by atoms with E-state index in [1.54, 1.807) is 18.3 Å². The second kappa shape index (κ2) is 3.64. The average molecular weight is 163 g/mol. The molecule has 0 aliphatic carbocycles. The monoisotopic (exact) mass is 163 g/mol. The maximum atomic E-state index is 11.3. The fourth-order valence-corrected chi connectivity index (χ4v) is 0.721. The Hall–Kier alpha value is -1.68. The van der Waals surface area contributed by atoms with Crippen LogP contribution < -0.4 is 5.84 Å². The van der Waals surface area contributed by atoms with Gasteiger partial charge in [0, 0.05) is 18.6 Å². The zero-order valence-corrected chi connectivity index (χ0v) is 6.47. The predicted molar refractivity (Wildman–Crippen MR) is 44.8 cm³/mol. The molecule has 4 nitrogen and oxygen atoms in total. The number of aromatic nitrogens is 1. The molecule has 1 rings (SSSR count). The molecule has 1 aromatic rings. The van der Waals surface area contributed by atoms with Crippen LogP contribution in [0.5, 0.6) is 0 Å². The van der Waals surface area contributed by atoms with Crippen molar-refractivity contribution < 1.29 is 4.79 Å². The van der Waals surface area contributed by atoms with Gasteiger partial charge in [-0.1, -0.05) is 6.58 Å². The standard InChI is InChI=1S/C8H9N3O/c1-2-11(9)8(12)7-4-3-5-10-6-7/h2-6H,1,9H2. The van der Waals surface area contributed by atoms with Crippen LogP contribution in [0.1, 0.15) is 10.4 Å². The summed E-state index contributed by atoms with van der Waals surface area (Å²) in [5.41, 5.74) is 0.444. The van der Waals surface area contributed by atoms with E-state index in [0.29, 0.717) is 5.56 Å². The summed E-state index contributed by atoms with van der Waals surface area (Å²) in [6, 6.07) is 3.31. The highest BCUT2D eigenvalue weighted by Crippen LogP contribution is 1.98. The van der Waals surface area contributed by atoms with Crippen molar-refractivity contribution in [3.05, 3.63) is 42.9 Å². The van der Waals surface area contributed by atoms with Crippen LogP contribution in [0.2, 0.25) is 0 Å². The van der Waals surface area contributed by atoms with Crippen molar-refractivity contribution in [1.82, 2.24) is 9.99 Å². The van der Waals surface area contributed by atoms with Gasteiger partial charge in [0.05, 0.1) is 5.56 Å². The number of pyridine rings is 1. The van der Waals surface area contributed by atoms with E-state index in [0.717, 1.165) is 5.01 Å². The van der Waals surface area contributed by atoms with Gasteiger partial charge in [0.15, 0.2) is 0 Å². The molecule has 1 amide bonds. The second-order valence-electron chi connectivity index (χ2n) is 2.14. The summed E-state index contributed by atoms with van der Waals surface area (Å²) in [5.74, 6) is 4.97. The van der Waals surface area contributed by atoms with Crippen LogP contribution in [0.3, 0.4) is 0 Å². The molecule has 1 heterocycles. The lowest BCUT2D eigenvalue weighted by Gasteiger charge is -2.09. The molecule has 0 radical (unpaired) electrons. The quantitative estimate of drug-likeness (QED) is 0.393. The van der Waals surface area contributed by atoms with Crippen molar-refractivity contribution in [2.24, 2.45) is 5.84 Å². The third kappa shape index (κ3) is 1.67. The summed E-state index contributed by atoms with van der Waals surface area (Å²) in [4.78, 5) is 15.1. The lowest BCUT2D eigenvalue weighted by atomic mass is 10.3. The number of carbonyl (C=O) groups excluding carboxylic acids is 1. The van der Waals surface area contributed by atoms with Gasteiger partial charge < -0.3 is 0 Å². The Morgan fingerprint density at radius 1 is 1.75 bits per heavy atom. The van der Waals surface area contributed by atoms with Crippen LogP contribution in [-0.4, -0.2) is 15.9 Å². The Bertz CT molecular complexity index is 284. The molecule has 0 aliphatic rings. The molecule has 0 unspecified atom stereocenters. The molecule has 0 atom stereocenters. The summed E-state index contributed by atoms with van der Waals surface area (Å²) in [5, 5.41) is 0.914. The smallest absolute Gasteiger partial charge is 0.267 e. The van der Waals surface area contributed by atoms with Gasteiger partial charge in [0.1, 0.15) is 0 Å². The molecular formula is C8H9N3O. The van der Waals surface area contributed by atoms with Gasteiger partial charge >= 0.3 is 0 Å². The maximum Gasteiger partial charge on any atom is 0.273 e. The summed E-state index contributed by atoms with van der Waals surface area (Å²) in [7, 11) is 0. The molecule has 0 saturated carbocycles. The molecule has 0 saturated heterocycles. The van der Waals surface area contributed by atoms with Crippen molar-refractivity contribution in [2.75, 3.05) is 0 Å². The van der Waals surface area contributed by atoms with Crippen LogP contribution in [0.25, 0.3) is 0 Å². The SMILES string of the molecule is C=CN(N)C(=O)c1cccnc1. The van der Waals surface area contributed by atoms with E-state index in [9.17, 15) is 4.79 Å². The highest BCUT2D eigenvalue weighted by Gasteiger charge is 2.07. The molecule has 0 aliphatic heterocycles. The first-order chi connectivity index (χ1) is 5.75. The highest BCUT2D eigenvalue weighted by molar-refractivity contribution is 5.93. The van der Waals surface area contributed by atoms with E-state index in [-0.39, 0.29) is 5.91 Å². The van der Waals surface area contributed by atoms with Crippen LogP contribution in [0.15, 0.2) is 37.3 Å². The lowest BCUT2D eigenvalue weighted by molar-refractivity contribution is 0.0822. The lowest BCUT2D eigenvalue weighted by Crippen LogP contribution is -2.31. The molecule has 12 heavy (non-hydrogen) atoms. The van der Waals surface area contributed by atoms with Crippen LogP contribution >= 0.6 is 0 Å². The summed E-state index contributed by atoms with van der Waals surface area (Å²) in [6.07, 6.45) is 4.28. The Morgan fingerprint density at radius 3 is 3.00 bits per heavy atom. The maximum absolute atomic E-state index is 11.3. The number of rotatable bonds is 2. The van der Waals surface area contributed by atoms with E-state index in [4.69, 9.17) is 5.84 Å². The third-order valence-electron chi connectivity index (χ3n) is 1.34. The predicted octanol–water partition coefficient (Wildman–Crippen LogP) is 0.541. The molecule has 0 aromatic carbocycles. The zero-order chi connectivity index (χ0) is 8.97. The largest absolute Gasteiger partial charge is 0.273 e. The Morgan fingerprint density at radius 2 is 2.50 bits per heavy atom. The van der Waals surface area contributed by atoms with Crippen LogP contribution in [-0.2, 0) is 0 Å². The van der Waals surface area contributed by atoms with Crippen LogP contribution in [0.4, 0.5) is 0 Å². The van der Waals surface area contributed by atoms with E-state index < -0.39 is 0 Å². The van der Waals surface area contributed by atoms with Crippen molar-refractivity contribution in [3.63, 3.8) is 0 Å². The van der Waals surface area contributed by atoms with Gasteiger partial charge in [-0.15, -0.1) is 0 Å². The van der Waals surface area contributed by atoms with Crippen LogP contribution in [0, 0.1) is 0 Å². The summed E-state index contributed by atoms with van der Waals surface area (Å²) >= 11 is 0. The minimum absolute atomic E-state index is 0.321. The molecule has 62 valence electrons. The normalized spacial score (nSPS) is 9.08. The highest BCUT2D eigenvalue weighted by atomic mass is 16.2. The fraction of sp³-hybridized carbons (Fsp3) is 0. The van der Waals surface area contributed by atoms with Gasteiger partial charge in [-0.25, -0.2) is 5.84 Å². The number of hydrogen-bond acceptors (Lipinski definition) is 3. The van der Waals surface area contributed by atoms with E-state index in [1.807, 2.05) is 0 Å². The number of nitrogens with zero attached hydrogens (tertiary/aromatic N) is 2. The molecular weight excluding hydrogens is 154 g/mol. The van der Waals surface area contributed by atoms with Gasteiger partial charge in [0.25, 0.3) is 5.91 Å². The molecule has 0 bridgehead atoms. The number of hydrogen-bond donors (Lipinski definition) is 1. The topological polar surface area (TPSA) is 59.2 Å². The van der Waals surface area contributed by atoms with Crippen molar-refractivity contribution >= 4 is 5.91 Å². The van der Waals surface area contributed by atoms with E-state index in [2.05, 4.69) is 11.6 Å². The molecule has 4 heteroatoms. The fourth-order valence-electron chi connectivity index (χ4n) is 0.721. The molecule has 0 fully saturated rings. The van der Waals surface area contributed by atoms with Gasteiger partial charge in [0.2, 0.25) is 0 Å². The molecule has 0 spiro atoms. The number of carbonyl (C=O) groups is 1. The van der Waals surface area contributed by atoms with Crippen molar-refractivity contribution in [2.45, 2.75) is 0 Å². The zero-order valence-electron chi connectivity index (χ0n) is 6.47. The first-order valence-electron chi connectivity index (χ1n) is 3.36.